The molecule has 0 aliphatic carbocycles. The molecule has 224 valence electrons. The highest BCUT2D eigenvalue weighted by molar-refractivity contribution is 7.89. The first-order valence-corrected chi connectivity index (χ1v) is 14.9. The van der Waals surface area contributed by atoms with Gasteiger partial charge in [-0.15, -0.1) is 0 Å². The largest absolute Gasteiger partial charge is 0.495 e. The molecule has 11 heteroatoms. The molecular formula is C31H36N2O8S. The van der Waals surface area contributed by atoms with Crippen LogP contribution in [0.25, 0.3) is 6.08 Å². The number of amides is 1. The fourth-order valence-corrected chi connectivity index (χ4v) is 5.43. The van der Waals surface area contributed by atoms with Crippen LogP contribution in [0.5, 0.6) is 17.2 Å². The molecule has 1 N–H and O–H groups in total. The van der Waals surface area contributed by atoms with Crippen molar-refractivity contribution in [2.75, 3.05) is 38.7 Å². The summed E-state index contributed by atoms with van der Waals surface area (Å²) in [6.45, 7) is 6.17. The average Bonchev–Trinajstić information content (AvgIpc) is 2.99. The van der Waals surface area contributed by atoms with Gasteiger partial charge in [0.15, 0.2) is 18.1 Å². The molecule has 0 saturated heterocycles. The summed E-state index contributed by atoms with van der Waals surface area (Å²) in [7, 11) is -2.36. The Labute approximate surface area is 246 Å². The van der Waals surface area contributed by atoms with Crippen molar-refractivity contribution < 1.29 is 37.0 Å². The van der Waals surface area contributed by atoms with E-state index in [1.165, 1.54) is 41.8 Å². The maximum Gasteiger partial charge on any atom is 0.331 e. The lowest BCUT2D eigenvalue weighted by molar-refractivity contribution is -0.142. The number of anilines is 1. The summed E-state index contributed by atoms with van der Waals surface area (Å²) in [5.41, 5.74) is 1.83. The predicted octanol–water partition coefficient (Wildman–Crippen LogP) is 4.90. The molecular weight excluding hydrogens is 560 g/mol. The lowest BCUT2D eigenvalue weighted by atomic mass is 10.2. The van der Waals surface area contributed by atoms with Crippen LogP contribution in [0, 0.1) is 0 Å². The van der Waals surface area contributed by atoms with E-state index in [1.807, 2.05) is 37.3 Å². The van der Waals surface area contributed by atoms with Gasteiger partial charge in [0.05, 0.1) is 24.3 Å². The maximum atomic E-state index is 12.9. The summed E-state index contributed by atoms with van der Waals surface area (Å²) < 4.78 is 49.0. The van der Waals surface area contributed by atoms with Gasteiger partial charge in [0.25, 0.3) is 5.91 Å². The molecule has 3 rings (SSSR count). The van der Waals surface area contributed by atoms with Gasteiger partial charge in [-0.05, 0) is 54.5 Å². The van der Waals surface area contributed by atoms with Crippen molar-refractivity contribution in [2.24, 2.45) is 0 Å². The minimum atomic E-state index is -3.75. The second-order valence-electron chi connectivity index (χ2n) is 8.85. The van der Waals surface area contributed by atoms with Crippen LogP contribution in [0.3, 0.4) is 0 Å². The summed E-state index contributed by atoms with van der Waals surface area (Å²) in [5.74, 6) is -0.0401. The Morgan fingerprint density at radius 1 is 0.881 bits per heavy atom. The number of esters is 1. The Balaban J connectivity index is 1.61. The molecule has 3 aromatic carbocycles. The minimum Gasteiger partial charge on any atom is -0.495 e. The van der Waals surface area contributed by atoms with Gasteiger partial charge in [-0.25, -0.2) is 13.2 Å². The van der Waals surface area contributed by atoms with Crippen LogP contribution in [-0.4, -0.2) is 58.0 Å². The lowest BCUT2D eigenvalue weighted by Crippen LogP contribution is -2.30. The third-order valence-electron chi connectivity index (χ3n) is 6.05. The summed E-state index contributed by atoms with van der Waals surface area (Å²) in [6.07, 6.45) is 2.73. The number of rotatable bonds is 15. The van der Waals surface area contributed by atoms with E-state index in [0.717, 1.165) is 5.56 Å². The highest BCUT2D eigenvalue weighted by Crippen LogP contribution is 2.30. The number of hydrogen-bond donors (Lipinski definition) is 1. The zero-order valence-electron chi connectivity index (χ0n) is 24.2. The fraction of sp³-hybridized carbons (Fsp3) is 0.290. The second-order valence-corrected chi connectivity index (χ2v) is 10.8. The smallest absolute Gasteiger partial charge is 0.331 e. The van der Waals surface area contributed by atoms with Crippen LogP contribution in [0.2, 0.25) is 0 Å². The lowest BCUT2D eigenvalue weighted by Gasteiger charge is -2.19. The van der Waals surface area contributed by atoms with Crippen LogP contribution in [0.15, 0.2) is 77.7 Å². The molecule has 0 saturated carbocycles. The van der Waals surface area contributed by atoms with Crippen molar-refractivity contribution >= 4 is 33.7 Å². The summed E-state index contributed by atoms with van der Waals surface area (Å²) in [4.78, 5) is 24.8. The Kier molecular flexibility index (Phi) is 11.9. The topological polar surface area (TPSA) is 120 Å². The molecule has 10 nitrogen and oxygen atoms in total. The summed E-state index contributed by atoms with van der Waals surface area (Å²) >= 11 is 0. The van der Waals surface area contributed by atoms with Crippen molar-refractivity contribution in [3.05, 3.63) is 83.9 Å². The quantitative estimate of drug-likeness (QED) is 0.194. The molecule has 1 amide bonds. The number of carbonyl (C=O) groups is 2. The number of ether oxygens (including phenoxy) is 4. The van der Waals surface area contributed by atoms with Crippen molar-refractivity contribution in [2.45, 2.75) is 32.3 Å². The van der Waals surface area contributed by atoms with Gasteiger partial charge in [-0.1, -0.05) is 50.2 Å². The number of nitrogens with one attached hydrogen (secondary N) is 1. The van der Waals surface area contributed by atoms with Gasteiger partial charge in [-0.3, -0.25) is 4.79 Å². The Bertz CT molecular complexity index is 1490. The van der Waals surface area contributed by atoms with E-state index in [9.17, 15) is 18.0 Å². The monoisotopic (exact) mass is 596 g/mol. The van der Waals surface area contributed by atoms with Gasteiger partial charge in [0, 0.05) is 19.2 Å². The molecule has 0 heterocycles. The highest BCUT2D eigenvalue weighted by Gasteiger charge is 2.23. The standard InChI is InChI=1S/C31H36N2O8S/c1-5-33(6-2)42(36,37)25-15-17-27(38-4)26(20-25)32-30(34)22-41-31(35)18-14-23-13-16-28(29(19-23)39-7-3)40-21-24-11-9-8-10-12-24/h8-20H,5-7,21-22H2,1-4H3,(H,32,34)/b18-14+. The highest BCUT2D eigenvalue weighted by atomic mass is 32.2. The number of sulfonamides is 1. The summed E-state index contributed by atoms with van der Waals surface area (Å²) in [5, 5.41) is 2.55. The van der Waals surface area contributed by atoms with E-state index >= 15 is 0 Å². The van der Waals surface area contributed by atoms with Gasteiger partial charge in [-0.2, -0.15) is 4.31 Å². The fourth-order valence-electron chi connectivity index (χ4n) is 3.94. The first-order valence-electron chi connectivity index (χ1n) is 13.5. The van der Waals surface area contributed by atoms with Gasteiger partial charge < -0.3 is 24.3 Å². The van der Waals surface area contributed by atoms with E-state index in [4.69, 9.17) is 18.9 Å². The van der Waals surface area contributed by atoms with Crippen molar-refractivity contribution in [1.82, 2.24) is 4.31 Å². The van der Waals surface area contributed by atoms with Crippen LogP contribution in [-0.2, 0) is 31.0 Å². The molecule has 0 atom stereocenters. The first-order chi connectivity index (χ1) is 20.2. The number of benzene rings is 3. The molecule has 0 aromatic heterocycles. The molecule has 0 unspecified atom stereocenters. The van der Waals surface area contributed by atoms with Crippen molar-refractivity contribution in [3.63, 3.8) is 0 Å². The van der Waals surface area contributed by atoms with E-state index in [0.29, 0.717) is 43.4 Å². The molecule has 0 radical (unpaired) electrons. The number of methoxy groups -OCH3 is 1. The zero-order chi connectivity index (χ0) is 30.5. The molecule has 0 aliphatic rings. The average molecular weight is 597 g/mol. The third-order valence-corrected chi connectivity index (χ3v) is 8.10. The van der Waals surface area contributed by atoms with Crippen LogP contribution >= 0.6 is 0 Å². The normalized spacial score (nSPS) is 11.4. The molecule has 0 spiro atoms. The summed E-state index contributed by atoms with van der Waals surface area (Å²) in [6, 6.07) is 19.2. The van der Waals surface area contributed by atoms with E-state index in [2.05, 4.69) is 5.32 Å². The van der Waals surface area contributed by atoms with Crippen molar-refractivity contribution in [1.29, 1.82) is 0 Å². The molecule has 3 aromatic rings. The first kappa shape index (κ1) is 32.2. The molecule has 0 fully saturated rings. The third kappa shape index (κ3) is 8.82. The van der Waals surface area contributed by atoms with E-state index in [1.54, 1.807) is 32.0 Å². The van der Waals surface area contributed by atoms with E-state index < -0.39 is 28.5 Å². The molecule has 0 aliphatic heterocycles. The van der Waals surface area contributed by atoms with Gasteiger partial charge in [0.1, 0.15) is 12.4 Å². The Morgan fingerprint density at radius 3 is 2.26 bits per heavy atom. The molecule has 42 heavy (non-hydrogen) atoms. The number of nitrogens with zero attached hydrogens (tertiary/aromatic N) is 1. The van der Waals surface area contributed by atoms with Crippen molar-refractivity contribution in [3.8, 4) is 17.2 Å². The van der Waals surface area contributed by atoms with Crippen LogP contribution in [0.1, 0.15) is 31.9 Å². The number of carbonyl (C=O) groups excluding carboxylic acids is 2. The Hall–Kier alpha value is -4.35. The maximum absolute atomic E-state index is 12.9. The van der Waals surface area contributed by atoms with Crippen LogP contribution in [0.4, 0.5) is 5.69 Å². The zero-order valence-corrected chi connectivity index (χ0v) is 25.0. The van der Waals surface area contributed by atoms with Gasteiger partial charge >= 0.3 is 5.97 Å². The SMILES string of the molecule is CCOc1cc(/C=C/C(=O)OCC(=O)Nc2cc(S(=O)(=O)N(CC)CC)ccc2OC)ccc1OCc1ccccc1. The predicted molar refractivity (Wildman–Crippen MR) is 160 cm³/mol. The van der Waals surface area contributed by atoms with Gasteiger partial charge in [0.2, 0.25) is 10.0 Å². The number of hydrogen-bond acceptors (Lipinski definition) is 8. The second kappa shape index (κ2) is 15.6. The Morgan fingerprint density at radius 2 is 1.60 bits per heavy atom. The van der Waals surface area contributed by atoms with Crippen LogP contribution < -0.4 is 19.5 Å². The molecule has 0 bridgehead atoms. The van der Waals surface area contributed by atoms with E-state index in [-0.39, 0.29) is 16.3 Å². The minimum absolute atomic E-state index is 0.00475.